The molecular formula is C21H20FN3O3S2. The molecule has 2 aromatic carbocycles. The summed E-state index contributed by atoms with van der Waals surface area (Å²) in [6.45, 7) is 0.330. The standard InChI is InChI=1S/C21H20FN3O3S2/c1-28-18-8-6-16(7-9-18)24-20(27)13-30-21-25-17(12-29-21)10-19(26)23-11-14-2-4-15(22)5-3-14/h2-9,12H,10-11,13H2,1H3,(H,23,26)(H,24,27). The van der Waals surface area contributed by atoms with Crippen molar-refractivity contribution in [1.82, 2.24) is 10.3 Å². The van der Waals surface area contributed by atoms with Crippen LogP contribution >= 0.6 is 23.1 Å². The Morgan fingerprint density at radius 3 is 2.53 bits per heavy atom. The van der Waals surface area contributed by atoms with Crippen molar-refractivity contribution in [1.29, 1.82) is 0 Å². The topological polar surface area (TPSA) is 80.3 Å². The average molecular weight is 446 g/mol. The molecule has 2 amide bonds. The maximum Gasteiger partial charge on any atom is 0.234 e. The van der Waals surface area contributed by atoms with Crippen molar-refractivity contribution in [2.45, 2.75) is 17.3 Å². The van der Waals surface area contributed by atoms with Gasteiger partial charge in [-0.2, -0.15) is 0 Å². The highest BCUT2D eigenvalue weighted by Gasteiger charge is 2.10. The van der Waals surface area contributed by atoms with Crippen molar-refractivity contribution in [2.24, 2.45) is 0 Å². The minimum Gasteiger partial charge on any atom is -0.497 e. The molecule has 0 aliphatic carbocycles. The second-order valence-corrected chi connectivity index (χ2v) is 8.33. The smallest absolute Gasteiger partial charge is 0.234 e. The van der Waals surface area contributed by atoms with E-state index in [0.717, 1.165) is 15.7 Å². The van der Waals surface area contributed by atoms with Crippen LogP contribution in [0.25, 0.3) is 0 Å². The fourth-order valence-corrected chi connectivity index (χ4v) is 4.11. The van der Waals surface area contributed by atoms with E-state index in [-0.39, 0.29) is 29.8 Å². The van der Waals surface area contributed by atoms with Crippen LogP contribution in [0.15, 0.2) is 58.3 Å². The minimum absolute atomic E-state index is 0.140. The number of carbonyl (C=O) groups excluding carboxylic acids is 2. The second kappa shape index (κ2) is 10.7. The lowest BCUT2D eigenvalue weighted by Crippen LogP contribution is -2.24. The average Bonchev–Trinajstić information content (AvgIpc) is 3.19. The number of aromatic nitrogens is 1. The highest BCUT2D eigenvalue weighted by molar-refractivity contribution is 8.01. The Kier molecular flexibility index (Phi) is 7.81. The number of ether oxygens (including phenoxy) is 1. The Morgan fingerprint density at radius 2 is 1.83 bits per heavy atom. The first kappa shape index (κ1) is 21.8. The number of halogens is 1. The van der Waals surface area contributed by atoms with E-state index in [1.165, 1.54) is 35.2 Å². The van der Waals surface area contributed by atoms with E-state index in [1.54, 1.807) is 48.9 Å². The van der Waals surface area contributed by atoms with E-state index in [0.29, 0.717) is 17.9 Å². The van der Waals surface area contributed by atoms with Gasteiger partial charge in [0, 0.05) is 17.6 Å². The SMILES string of the molecule is COc1ccc(NC(=O)CSc2nc(CC(=O)NCc3ccc(F)cc3)cs2)cc1. The fraction of sp³-hybridized carbons (Fsp3) is 0.190. The van der Waals surface area contributed by atoms with Crippen LogP contribution in [0, 0.1) is 5.82 Å². The third kappa shape index (κ3) is 6.85. The maximum atomic E-state index is 12.9. The van der Waals surface area contributed by atoms with Gasteiger partial charge in [0.1, 0.15) is 11.6 Å². The summed E-state index contributed by atoms with van der Waals surface area (Å²) in [5.74, 6) is 0.322. The van der Waals surface area contributed by atoms with Gasteiger partial charge in [0.15, 0.2) is 4.34 Å². The van der Waals surface area contributed by atoms with E-state index < -0.39 is 0 Å². The molecule has 0 aliphatic rings. The maximum absolute atomic E-state index is 12.9. The predicted molar refractivity (Wildman–Crippen MR) is 116 cm³/mol. The van der Waals surface area contributed by atoms with Gasteiger partial charge in [-0.25, -0.2) is 9.37 Å². The zero-order valence-corrected chi connectivity index (χ0v) is 17.8. The lowest BCUT2D eigenvalue weighted by Gasteiger charge is -2.05. The number of methoxy groups -OCH3 is 1. The van der Waals surface area contributed by atoms with E-state index >= 15 is 0 Å². The van der Waals surface area contributed by atoms with E-state index in [2.05, 4.69) is 15.6 Å². The third-order valence-electron chi connectivity index (χ3n) is 3.98. The first-order valence-electron chi connectivity index (χ1n) is 9.04. The first-order chi connectivity index (χ1) is 14.5. The third-order valence-corrected chi connectivity index (χ3v) is 6.05. The molecule has 0 radical (unpaired) electrons. The van der Waals surface area contributed by atoms with Gasteiger partial charge < -0.3 is 15.4 Å². The molecule has 30 heavy (non-hydrogen) atoms. The van der Waals surface area contributed by atoms with Gasteiger partial charge in [-0.05, 0) is 42.0 Å². The molecule has 0 unspecified atom stereocenters. The van der Waals surface area contributed by atoms with E-state index in [4.69, 9.17) is 4.74 Å². The molecule has 3 aromatic rings. The molecule has 6 nitrogen and oxygen atoms in total. The molecule has 2 N–H and O–H groups in total. The molecule has 1 aromatic heterocycles. The summed E-state index contributed by atoms with van der Waals surface area (Å²) in [6.07, 6.45) is 0.149. The molecular weight excluding hydrogens is 425 g/mol. The summed E-state index contributed by atoms with van der Waals surface area (Å²) >= 11 is 2.71. The van der Waals surface area contributed by atoms with Crippen molar-refractivity contribution in [3.05, 3.63) is 71.0 Å². The van der Waals surface area contributed by atoms with Crippen LogP contribution in [0.2, 0.25) is 0 Å². The number of anilines is 1. The zero-order valence-electron chi connectivity index (χ0n) is 16.2. The largest absolute Gasteiger partial charge is 0.497 e. The second-order valence-electron chi connectivity index (χ2n) is 6.25. The number of nitrogens with one attached hydrogen (secondary N) is 2. The number of amides is 2. The van der Waals surface area contributed by atoms with Gasteiger partial charge in [-0.3, -0.25) is 9.59 Å². The van der Waals surface area contributed by atoms with Crippen LogP contribution in [0.3, 0.4) is 0 Å². The fourth-order valence-electron chi connectivity index (χ4n) is 2.46. The van der Waals surface area contributed by atoms with Crippen LogP contribution < -0.4 is 15.4 Å². The Morgan fingerprint density at radius 1 is 1.10 bits per heavy atom. The number of thioether (sulfide) groups is 1. The minimum atomic E-state index is -0.310. The molecule has 0 atom stereocenters. The summed E-state index contributed by atoms with van der Waals surface area (Å²) in [5, 5.41) is 7.40. The van der Waals surface area contributed by atoms with Crippen LogP contribution in [0.4, 0.5) is 10.1 Å². The van der Waals surface area contributed by atoms with Crippen LogP contribution in [-0.4, -0.2) is 29.7 Å². The van der Waals surface area contributed by atoms with Crippen molar-refractivity contribution in [2.75, 3.05) is 18.2 Å². The number of hydrogen-bond donors (Lipinski definition) is 2. The lowest BCUT2D eigenvalue weighted by molar-refractivity contribution is -0.120. The highest BCUT2D eigenvalue weighted by atomic mass is 32.2. The molecule has 9 heteroatoms. The number of rotatable bonds is 9. The van der Waals surface area contributed by atoms with Crippen molar-refractivity contribution in [3.8, 4) is 5.75 Å². The van der Waals surface area contributed by atoms with Crippen molar-refractivity contribution < 1.29 is 18.7 Å². The van der Waals surface area contributed by atoms with Crippen LogP contribution in [0.1, 0.15) is 11.3 Å². The van der Waals surface area contributed by atoms with Crippen LogP contribution in [-0.2, 0) is 22.6 Å². The molecule has 156 valence electrons. The first-order valence-corrected chi connectivity index (χ1v) is 10.9. The predicted octanol–water partition coefficient (Wildman–Crippen LogP) is 3.88. The number of nitrogens with zero attached hydrogens (tertiary/aromatic N) is 1. The zero-order chi connectivity index (χ0) is 21.3. The van der Waals surface area contributed by atoms with Crippen molar-refractivity contribution in [3.63, 3.8) is 0 Å². The number of benzene rings is 2. The number of thiazole rings is 1. The molecule has 0 spiro atoms. The van der Waals surface area contributed by atoms with Gasteiger partial charge >= 0.3 is 0 Å². The van der Waals surface area contributed by atoms with Gasteiger partial charge in [-0.15, -0.1) is 11.3 Å². The van der Waals surface area contributed by atoms with Gasteiger partial charge in [0.25, 0.3) is 0 Å². The normalized spacial score (nSPS) is 10.5. The molecule has 0 fully saturated rings. The Labute approximate surface area is 181 Å². The summed E-state index contributed by atoms with van der Waals surface area (Å²) < 4.78 is 18.7. The lowest BCUT2D eigenvalue weighted by atomic mass is 10.2. The molecule has 0 bridgehead atoms. The molecule has 1 heterocycles. The van der Waals surface area contributed by atoms with E-state index in [9.17, 15) is 14.0 Å². The van der Waals surface area contributed by atoms with Gasteiger partial charge in [-0.1, -0.05) is 23.9 Å². The molecule has 3 rings (SSSR count). The summed E-state index contributed by atoms with van der Waals surface area (Å²) in [4.78, 5) is 28.6. The Hall–Kier alpha value is -2.91. The summed E-state index contributed by atoms with van der Waals surface area (Å²) in [7, 11) is 1.59. The Bertz CT molecular complexity index is 991. The summed E-state index contributed by atoms with van der Waals surface area (Å²) in [5.41, 5.74) is 2.16. The van der Waals surface area contributed by atoms with Gasteiger partial charge in [0.2, 0.25) is 11.8 Å². The highest BCUT2D eigenvalue weighted by Crippen LogP contribution is 2.23. The molecule has 0 saturated carbocycles. The Balaban J connectivity index is 1.41. The van der Waals surface area contributed by atoms with Crippen LogP contribution in [0.5, 0.6) is 5.75 Å². The number of hydrogen-bond acceptors (Lipinski definition) is 6. The molecule has 0 saturated heterocycles. The molecule has 0 aliphatic heterocycles. The van der Waals surface area contributed by atoms with Crippen molar-refractivity contribution >= 4 is 40.6 Å². The van der Waals surface area contributed by atoms with E-state index in [1.807, 2.05) is 0 Å². The quantitative estimate of drug-likeness (QED) is 0.489. The van der Waals surface area contributed by atoms with Gasteiger partial charge in [0.05, 0.1) is 25.0 Å². The monoisotopic (exact) mass is 445 g/mol. The summed E-state index contributed by atoms with van der Waals surface area (Å²) in [6, 6.07) is 13.1. The number of carbonyl (C=O) groups is 2.